The predicted octanol–water partition coefficient (Wildman–Crippen LogP) is 3.27. The van der Waals surface area contributed by atoms with E-state index in [9.17, 15) is 18.4 Å². The van der Waals surface area contributed by atoms with Gasteiger partial charge in [-0.15, -0.1) is 11.3 Å². The maximum atomic E-state index is 13.6. The molecule has 7 heteroatoms. The molecule has 1 aliphatic heterocycles. The Hall–Kier alpha value is -2.28. The summed E-state index contributed by atoms with van der Waals surface area (Å²) >= 11 is 1.31. The molecule has 2 aromatic rings. The van der Waals surface area contributed by atoms with Crippen LogP contribution in [-0.4, -0.2) is 29.3 Å². The number of hydrogen-bond donors (Lipinski definition) is 1. The minimum atomic E-state index is -0.714. The van der Waals surface area contributed by atoms with Crippen LogP contribution < -0.4 is 5.32 Å². The minimum Gasteiger partial charge on any atom is -0.326 e. The molecule has 1 atom stereocenters. The second kappa shape index (κ2) is 6.45. The highest BCUT2D eigenvalue weighted by molar-refractivity contribution is 7.12. The van der Waals surface area contributed by atoms with Gasteiger partial charge in [-0.25, -0.2) is 8.78 Å². The molecule has 1 N–H and O–H groups in total. The lowest BCUT2D eigenvalue weighted by molar-refractivity contribution is -0.119. The van der Waals surface area contributed by atoms with Gasteiger partial charge in [-0.2, -0.15) is 0 Å². The molecule has 2 heterocycles. The van der Waals surface area contributed by atoms with Gasteiger partial charge in [0.25, 0.3) is 5.91 Å². The molecule has 1 saturated heterocycles. The molecule has 4 nitrogen and oxygen atoms in total. The Balaban J connectivity index is 1.76. The summed E-state index contributed by atoms with van der Waals surface area (Å²) in [7, 11) is 0. The van der Waals surface area contributed by atoms with Crippen molar-refractivity contribution in [1.29, 1.82) is 0 Å². The first-order valence-corrected chi connectivity index (χ1v) is 8.04. The molecule has 23 heavy (non-hydrogen) atoms. The first-order valence-electron chi connectivity index (χ1n) is 7.16. The molecule has 0 saturated carbocycles. The Morgan fingerprint density at radius 2 is 2.09 bits per heavy atom. The number of anilines is 1. The van der Waals surface area contributed by atoms with Crippen molar-refractivity contribution in [3.63, 3.8) is 0 Å². The van der Waals surface area contributed by atoms with Gasteiger partial charge >= 0.3 is 0 Å². The van der Waals surface area contributed by atoms with E-state index < -0.39 is 23.6 Å². The zero-order valence-electron chi connectivity index (χ0n) is 12.1. The molecule has 0 bridgehead atoms. The fourth-order valence-corrected chi connectivity index (χ4v) is 3.31. The Kier molecular flexibility index (Phi) is 4.38. The molecule has 1 fully saturated rings. The molecule has 2 amide bonds. The Labute approximate surface area is 135 Å². The highest BCUT2D eigenvalue weighted by Gasteiger charge is 2.35. The molecule has 1 aliphatic rings. The first kappa shape index (κ1) is 15.6. The number of benzene rings is 1. The number of nitrogens with one attached hydrogen (secondary N) is 1. The number of nitrogens with zero attached hydrogens (tertiary/aromatic N) is 1. The van der Waals surface area contributed by atoms with Crippen LogP contribution in [0.25, 0.3) is 0 Å². The van der Waals surface area contributed by atoms with Gasteiger partial charge in [-0.05, 0) is 36.4 Å². The second-order valence-electron chi connectivity index (χ2n) is 5.25. The van der Waals surface area contributed by atoms with Crippen LogP contribution in [0.15, 0.2) is 35.7 Å². The fraction of sp³-hybridized carbons (Fsp3) is 0.250. The van der Waals surface area contributed by atoms with Crippen LogP contribution in [0.3, 0.4) is 0 Å². The zero-order chi connectivity index (χ0) is 16.4. The van der Waals surface area contributed by atoms with Crippen molar-refractivity contribution >= 4 is 28.8 Å². The highest BCUT2D eigenvalue weighted by Crippen LogP contribution is 2.24. The van der Waals surface area contributed by atoms with Crippen LogP contribution in [0.1, 0.15) is 22.5 Å². The number of thiophene rings is 1. The van der Waals surface area contributed by atoms with Crippen LogP contribution in [-0.2, 0) is 4.79 Å². The van der Waals surface area contributed by atoms with Crippen LogP contribution in [0.2, 0.25) is 0 Å². The van der Waals surface area contributed by atoms with E-state index in [1.165, 1.54) is 16.2 Å². The lowest BCUT2D eigenvalue weighted by Gasteiger charge is -2.23. The van der Waals surface area contributed by atoms with Gasteiger partial charge in [-0.3, -0.25) is 9.59 Å². The SMILES string of the molecule is O=C(Nc1cc(F)ccc1F)C1CCCN1C(=O)c1cccs1. The van der Waals surface area contributed by atoms with Gasteiger partial charge in [0.05, 0.1) is 10.6 Å². The molecule has 0 aliphatic carbocycles. The van der Waals surface area contributed by atoms with Crippen LogP contribution in [0.4, 0.5) is 14.5 Å². The van der Waals surface area contributed by atoms with E-state index in [1.54, 1.807) is 17.5 Å². The van der Waals surface area contributed by atoms with E-state index in [-0.39, 0.29) is 11.6 Å². The van der Waals surface area contributed by atoms with E-state index >= 15 is 0 Å². The van der Waals surface area contributed by atoms with Crippen molar-refractivity contribution in [1.82, 2.24) is 4.90 Å². The Bertz CT molecular complexity index is 734. The largest absolute Gasteiger partial charge is 0.326 e. The maximum Gasteiger partial charge on any atom is 0.264 e. The topological polar surface area (TPSA) is 49.4 Å². The Morgan fingerprint density at radius 3 is 2.83 bits per heavy atom. The molecule has 1 unspecified atom stereocenters. The van der Waals surface area contributed by atoms with E-state index in [0.717, 1.165) is 18.2 Å². The van der Waals surface area contributed by atoms with Crippen molar-refractivity contribution in [2.45, 2.75) is 18.9 Å². The molecule has 0 radical (unpaired) electrons. The number of carbonyl (C=O) groups excluding carboxylic acids is 2. The molecule has 1 aromatic heterocycles. The van der Waals surface area contributed by atoms with Crippen molar-refractivity contribution in [3.8, 4) is 0 Å². The fourth-order valence-electron chi connectivity index (χ4n) is 2.63. The van der Waals surface area contributed by atoms with Gasteiger partial charge in [0, 0.05) is 12.6 Å². The normalized spacial score (nSPS) is 17.3. The van der Waals surface area contributed by atoms with Crippen LogP contribution in [0, 0.1) is 11.6 Å². The molecule has 3 rings (SSSR count). The number of likely N-dealkylation sites (tertiary alicyclic amines) is 1. The summed E-state index contributed by atoms with van der Waals surface area (Å²) in [6.07, 6.45) is 1.20. The average Bonchev–Trinajstić information content (AvgIpc) is 3.20. The third-order valence-corrected chi connectivity index (χ3v) is 4.59. The number of hydrogen-bond acceptors (Lipinski definition) is 3. The number of rotatable bonds is 3. The van der Waals surface area contributed by atoms with Gasteiger partial charge in [0.2, 0.25) is 5.91 Å². The third-order valence-electron chi connectivity index (χ3n) is 3.73. The molecule has 120 valence electrons. The third kappa shape index (κ3) is 3.24. The summed E-state index contributed by atoms with van der Waals surface area (Å²) < 4.78 is 26.8. The standard InChI is InChI=1S/C16H14F2N2O2S/c17-10-5-6-11(18)12(9-10)19-15(21)13-3-1-7-20(13)16(22)14-4-2-8-23-14/h2,4-6,8-9,13H,1,3,7H2,(H,19,21). The highest BCUT2D eigenvalue weighted by atomic mass is 32.1. The number of amides is 2. The van der Waals surface area contributed by atoms with Gasteiger partial charge in [-0.1, -0.05) is 6.07 Å². The predicted molar refractivity (Wildman–Crippen MR) is 83.4 cm³/mol. The van der Waals surface area contributed by atoms with Crippen molar-refractivity contribution in [3.05, 3.63) is 52.2 Å². The lowest BCUT2D eigenvalue weighted by atomic mass is 10.2. The van der Waals surface area contributed by atoms with Crippen molar-refractivity contribution in [2.75, 3.05) is 11.9 Å². The summed E-state index contributed by atoms with van der Waals surface area (Å²) in [4.78, 5) is 26.8. The van der Waals surface area contributed by atoms with Crippen LogP contribution in [0.5, 0.6) is 0 Å². The molecule has 1 aromatic carbocycles. The van der Waals surface area contributed by atoms with Crippen molar-refractivity contribution in [2.24, 2.45) is 0 Å². The summed E-state index contributed by atoms with van der Waals surface area (Å²) in [5, 5.41) is 4.17. The monoisotopic (exact) mass is 336 g/mol. The quantitative estimate of drug-likeness (QED) is 0.935. The van der Waals surface area contributed by atoms with E-state index in [4.69, 9.17) is 0 Å². The zero-order valence-corrected chi connectivity index (χ0v) is 12.9. The first-order chi connectivity index (χ1) is 11.1. The second-order valence-corrected chi connectivity index (χ2v) is 6.19. The van der Waals surface area contributed by atoms with Gasteiger partial charge in [0.15, 0.2) is 0 Å². The molecular formula is C16H14F2N2O2S. The number of carbonyl (C=O) groups is 2. The summed E-state index contributed by atoms with van der Waals surface area (Å²) in [6.45, 7) is 0.473. The summed E-state index contributed by atoms with van der Waals surface area (Å²) in [5.41, 5.74) is -0.217. The smallest absolute Gasteiger partial charge is 0.264 e. The van der Waals surface area contributed by atoms with Gasteiger partial charge in [0.1, 0.15) is 17.7 Å². The minimum absolute atomic E-state index is 0.211. The average molecular weight is 336 g/mol. The van der Waals surface area contributed by atoms with Gasteiger partial charge < -0.3 is 10.2 Å². The molecule has 0 spiro atoms. The van der Waals surface area contributed by atoms with Crippen molar-refractivity contribution < 1.29 is 18.4 Å². The van der Waals surface area contributed by atoms with E-state index in [1.807, 2.05) is 0 Å². The van der Waals surface area contributed by atoms with E-state index in [2.05, 4.69) is 5.32 Å². The Morgan fingerprint density at radius 1 is 1.26 bits per heavy atom. The lowest BCUT2D eigenvalue weighted by Crippen LogP contribution is -2.43. The summed E-state index contributed by atoms with van der Waals surface area (Å²) in [5.74, 6) is -2.07. The van der Waals surface area contributed by atoms with E-state index in [0.29, 0.717) is 24.3 Å². The summed E-state index contributed by atoms with van der Waals surface area (Å²) in [6, 6.07) is 5.65. The van der Waals surface area contributed by atoms with Crippen LogP contribution >= 0.6 is 11.3 Å². The number of halogens is 2. The maximum absolute atomic E-state index is 13.6. The molecular weight excluding hydrogens is 322 g/mol.